The Morgan fingerprint density at radius 1 is 1.27 bits per heavy atom. The number of carboxylic acid groups (broad SMARTS) is 1. The highest BCUT2D eigenvalue weighted by Crippen LogP contribution is 2.44. The smallest absolute Gasteiger partial charge is 0.407 e. The minimum atomic E-state index is -3.13. The monoisotopic (exact) mass is 360 g/mol. The minimum Gasteiger partial charge on any atom is -0.480 e. The molecule has 0 bridgehead atoms. The fraction of sp³-hybridized carbons (Fsp3) is 0.333. The lowest BCUT2D eigenvalue weighted by Gasteiger charge is -2.18. The molecule has 1 aliphatic carbocycles. The number of alkyl carbamates (subject to hydrolysis) is 1. The molecular formula is C21H23NO4. The molecule has 0 fully saturated rings. The van der Waals surface area contributed by atoms with Crippen LogP contribution in [0.15, 0.2) is 48.4 Å². The van der Waals surface area contributed by atoms with Crippen molar-refractivity contribution in [3.63, 3.8) is 0 Å². The van der Waals surface area contributed by atoms with Crippen LogP contribution in [-0.2, 0) is 9.53 Å². The van der Waals surface area contributed by atoms with Crippen LogP contribution in [0.1, 0.15) is 46.9 Å². The number of carbonyl (C=O) groups excluding carboxylic acids is 1. The van der Waals surface area contributed by atoms with Crippen LogP contribution in [0.3, 0.4) is 0 Å². The number of benzene rings is 2. The Morgan fingerprint density at radius 3 is 2.73 bits per heavy atom. The third-order valence-corrected chi connectivity index (χ3v) is 3.95. The average molecular weight is 360 g/mol. The Kier molecular flexibility index (Phi) is 3.22. The molecule has 26 heavy (non-hydrogen) atoms. The molecule has 1 unspecified atom stereocenters. The zero-order valence-corrected chi connectivity index (χ0v) is 14.3. The SMILES string of the molecule is [2H]c1c([2H])c([2H])c2c(c1[2H])-c1ccccc1C2([2H])C([2H])([2H])OC(=O)N[C@@H](CC(C)C)C(=O)O. The normalized spacial score (nSPS) is 23.1. The quantitative estimate of drug-likeness (QED) is 0.816. The van der Waals surface area contributed by atoms with Crippen molar-refractivity contribution in [3.8, 4) is 11.1 Å². The molecule has 2 atom stereocenters. The second-order valence-corrected chi connectivity index (χ2v) is 6.33. The highest BCUT2D eigenvalue weighted by atomic mass is 16.5. The highest BCUT2D eigenvalue weighted by Gasteiger charge is 2.29. The van der Waals surface area contributed by atoms with Gasteiger partial charge in [-0.15, -0.1) is 0 Å². The van der Waals surface area contributed by atoms with Gasteiger partial charge in [0, 0.05) is 7.26 Å². The summed E-state index contributed by atoms with van der Waals surface area (Å²) in [5.74, 6) is -3.95. The Labute approximate surface area is 162 Å². The molecule has 0 heterocycles. The Bertz CT molecular complexity index is 1140. The van der Waals surface area contributed by atoms with Crippen LogP contribution in [0.5, 0.6) is 0 Å². The van der Waals surface area contributed by atoms with Crippen LogP contribution in [0.4, 0.5) is 4.79 Å². The van der Waals surface area contributed by atoms with Crippen LogP contribution in [0, 0.1) is 5.92 Å². The van der Waals surface area contributed by atoms with Crippen LogP contribution >= 0.6 is 0 Å². The van der Waals surface area contributed by atoms with Gasteiger partial charge in [0.05, 0.1) is 8.22 Å². The number of hydrogen-bond donors (Lipinski definition) is 2. The predicted molar refractivity (Wildman–Crippen MR) is 99.1 cm³/mol. The summed E-state index contributed by atoms with van der Waals surface area (Å²) in [5, 5.41) is 11.4. The topological polar surface area (TPSA) is 75.6 Å². The molecule has 3 rings (SSSR count). The lowest BCUT2D eigenvalue weighted by Crippen LogP contribution is -2.42. The van der Waals surface area contributed by atoms with Crippen molar-refractivity contribution in [1.82, 2.24) is 5.32 Å². The van der Waals surface area contributed by atoms with E-state index in [-0.39, 0.29) is 34.6 Å². The van der Waals surface area contributed by atoms with Gasteiger partial charge in [-0.05, 0) is 34.6 Å². The van der Waals surface area contributed by atoms with Crippen molar-refractivity contribution in [2.45, 2.75) is 32.2 Å². The van der Waals surface area contributed by atoms with Gasteiger partial charge in [-0.1, -0.05) is 62.3 Å². The summed E-state index contributed by atoms with van der Waals surface area (Å²) in [6.45, 7) is 0.374. The number of fused-ring (bicyclic) bond motifs is 3. The molecule has 5 heteroatoms. The van der Waals surface area contributed by atoms with Gasteiger partial charge in [-0.25, -0.2) is 9.59 Å². The Morgan fingerprint density at radius 2 is 2.00 bits per heavy atom. The van der Waals surface area contributed by atoms with Gasteiger partial charge >= 0.3 is 12.1 Å². The van der Waals surface area contributed by atoms with Crippen LogP contribution in [0.25, 0.3) is 11.1 Å². The summed E-state index contributed by atoms with van der Waals surface area (Å²) in [7, 11) is 0. The van der Waals surface area contributed by atoms with Crippen molar-refractivity contribution >= 4 is 12.1 Å². The van der Waals surface area contributed by atoms with E-state index < -0.39 is 54.7 Å². The highest BCUT2D eigenvalue weighted by molar-refractivity contribution is 5.81. The zero-order chi connectivity index (χ0) is 24.9. The fourth-order valence-corrected chi connectivity index (χ4v) is 2.82. The van der Waals surface area contributed by atoms with Crippen molar-refractivity contribution in [2.24, 2.45) is 5.92 Å². The Hall–Kier alpha value is -2.82. The molecule has 0 saturated carbocycles. The molecule has 2 N–H and O–H groups in total. The minimum absolute atomic E-state index is 0.00163. The van der Waals surface area contributed by atoms with Crippen molar-refractivity contribution in [3.05, 3.63) is 59.6 Å². The predicted octanol–water partition coefficient (Wildman–Crippen LogP) is 4.02. The van der Waals surface area contributed by atoms with Gasteiger partial charge in [0.2, 0.25) is 0 Å². The van der Waals surface area contributed by atoms with E-state index in [4.69, 9.17) is 14.3 Å². The molecule has 0 aromatic heterocycles. The van der Waals surface area contributed by atoms with Gasteiger partial charge < -0.3 is 15.2 Å². The van der Waals surface area contributed by atoms with E-state index in [2.05, 4.69) is 5.32 Å². The van der Waals surface area contributed by atoms with E-state index in [0.717, 1.165) is 0 Å². The summed E-state index contributed by atoms with van der Waals surface area (Å²) in [6, 6.07) is 2.43. The number of carboxylic acids is 1. The maximum absolute atomic E-state index is 12.5. The number of nitrogens with one attached hydrogen (secondary N) is 1. The number of rotatable bonds is 6. The maximum Gasteiger partial charge on any atom is 0.407 e. The summed E-state index contributed by atoms with van der Waals surface area (Å²) in [6.07, 6.45) is -1.33. The first kappa shape index (κ1) is 11.0. The van der Waals surface area contributed by atoms with Gasteiger partial charge in [0.25, 0.3) is 0 Å². The summed E-state index contributed by atoms with van der Waals surface area (Å²) in [5.41, 5.74) is -0.167. The van der Waals surface area contributed by atoms with E-state index in [1.54, 1.807) is 19.9 Å². The summed E-state index contributed by atoms with van der Waals surface area (Å²) in [4.78, 5) is 23.9. The standard InChI is InChI=1S/C21H23NO4/c1-13(2)11-19(20(23)24)22-21(25)26-12-18-16-9-5-3-7-14(16)15-8-4-6-10-17(15)18/h3-10,13,18-19H,11-12H2,1-2H3,(H,22,25)(H,23,24)/t19-/m0/s1/i3D,5D,7D,9D,12D2,18D/t18?,19-. The molecule has 136 valence electrons. The van der Waals surface area contributed by atoms with E-state index in [0.29, 0.717) is 0 Å². The largest absolute Gasteiger partial charge is 0.480 e. The lowest BCUT2D eigenvalue weighted by molar-refractivity contribution is -0.139. The third kappa shape index (κ3) is 3.72. The lowest BCUT2D eigenvalue weighted by atomic mass is 9.98. The number of ether oxygens (including phenoxy) is 1. The molecule has 1 aliphatic rings. The van der Waals surface area contributed by atoms with Crippen LogP contribution in [0.2, 0.25) is 0 Å². The maximum atomic E-state index is 12.5. The molecule has 2 aromatic rings. The van der Waals surface area contributed by atoms with Gasteiger partial charge in [-0.3, -0.25) is 0 Å². The second-order valence-electron chi connectivity index (χ2n) is 6.33. The number of hydrogen-bond acceptors (Lipinski definition) is 3. The first-order valence-corrected chi connectivity index (χ1v) is 8.17. The third-order valence-electron chi connectivity index (χ3n) is 3.95. The molecule has 0 aliphatic heterocycles. The van der Waals surface area contributed by atoms with Crippen molar-refractivity contribution in [2.75, 3.05) is 6.56 Å². The van der Waals surface area contributed by atoms with Gasteiger partial charge in [0.1, 0.15) is 12.6 Å². The molecule has 0 radical (unpaired) electrons. The first-order valence-electron chi connectivity index (χ1n) is 11.7. The number of carbonyl (C=O) groups is 2. The summed E-state index contributed by atoms with van der Waals surface area (Å²) >= 11 is 0. The number of aliphatic carboxylic acids is 1. The molecular weight excluding hydrogens is 330 g/mol. The van der Waals surface area contributed by atoms with Crippen molar-refractivity contribution < 1.29 is 29.0 Å². The van der Waals surface area contributed by atoms with E-state index in [9.17, 15) is 14.7 Å². The fourth-order valence-electron chi connectivity index (χ4n) is 2.82. The number of amides is 1. The van der Waals surface area contributed by atoms with E-state index in [1.807, 2.05) is 0 Å². The summed E-state index contributed by atoms with van der Waals surface area (Å²) < 4.78 is 63.6. The molecule has 1 amide bonds. The Balaban J connectivity index is 2.10. The molecule has 0 spiro atoms. The average Bonchev–Trinajstić information content (AvgIpc) is 3.00. The molecule has 5 nitrogen and oxygen atoms in total. The zero-order valence-electron chi connectivity index (χ0n) is 21.3. The van der Waals surface area contributed by atoms with E-state index in [1.165, 1.54) is 18.2 Å². The van der Waals surface area contributed by atoms with Crippen molar-refractivity contribution in [1.29, 1.82) is 0 Å². The molecule has 2 aromatic carbocycles. The second kappa shape index (κ2) is 7.60. The van der Waals surface area contributed by atoms with Crippen LogP contribution < -0.4 is 5.32 Å². The first-order chi connectivity index (χ1) is 15.2. The van der Waals surface area contributed by atoms with Crippen LogP contribution in [-0.4, -0.2) is 29.8 Å². The van der Waals surface area contributed by atoms with Gasteiger partial charge in [0.15, 0.2) is 0 Å². The van der Waals surface area contributed by atoms with Gasteiger partial charge in [-0.2, -0.15) is 0 Å². The molecule has 0 saturated heterocycles. The van der Waals surface area contributed by atoms with E-state index >= 15 is 0 Å².